The van der Waals surface area contributed by atoms with Crippen molar-refractivity contribution in [2.75, 3.05) is 0 Å². The predicted octanol–water partition coefficient (Wildman–Crippen LogP) is 2.10. The zero-order chi connectivity index (χ0) is 8.48. The van der Waals surface area contributed by atoms with Gasteiger partial charge in [-0.15, -0.1) is 0 Å². The van der Waals surface area contributed by atoms with Crippen LogP contribution in [-0.2, 0) is 4.79 Å². The number of alkyl halides is 2. The molecule has 0 radical (unpaired) electrons. The summed E-state index contributed by atoms with van der Waals surface area (Å²) in [4.78, 5) is 9.97. The molecule has 2 unspecified atom stereocenters. The van der Waals surface area contributed by atoms with Crippen molar-refractivity contribution in [3.63, 3.8) is 0 Å². The fourth-order valence-corrected chi connectivity index (χ4v) is 1.44. The summed E-state index contributed by atoms with van der Waals surface area (Å²) in [6.07, 6.45) is 3.50. The van der Waals surface area contributed by atoms with Crippen LogP contribution in [0.3, 0.4) is 0 Å². The Balaban J connectivity index is 2.20. The molecule has 0 aromatic rings. The van der Waals surface area contributed by atoms with Gasteiger partial charge in [0.2, 0.25) is 0 Å². The van der Waals surface area contributed by atoms with E-state index in [0.29, 0.717) is 12.8 Å². The van der Waals surface area contributed by atoms with Crippen molar-refractivity contribution in [2.24, 2.45) is 5.92 Å². The Morgan fingerprint density at radius 2 is 2.45 bits per heavy atom. The van der Waals surface area contributed by atoms with Gasteiger partial charge >= 0.3 is 5.97 Å². The number of carboxylic acid groups (broad SMARTS) is 1. The lowest BCUT2D eigenvalue weighted by molar-refractivity contribution is -0.131. The second-order valence-electron chi connectivity index (χ2n) is 2.64. The fourth-order valence-electron chi connectivity index (χ4n) is 0.858. The van der Waals surface area contributed by atoms with E-state index in [1.165, 1.54) is 6.08 Å². The molecule has 0 aliphatic heterocycles. The Labute approximate surface area is 72.2 Å². The first-order valence-corrected chi connectivity index (χ1v) is 4.09. The maximum Gasteiger partial charge on any atom is 0.327 e. The van der Waals surface area contributed by atoms with Crippen LogP contribution in [0.4, 0.5) is 4.39 Å². The van der Waals surface area contributed by atoms with E-state index in [0.717, 1.165) is 6.08 Å². The highest BCUT2D eigenvalue weighted by Gasteiger charge is 2.52. The Morgan fingerprint density at radius 1 is 1.91 bits per heavy atom. The van der Waals surface area contributed by atoms with Crippen molar-refractivity contribution < 1.29 is 14.3 Å². The summed E-state index contributed by atoms with van der Waals surface area (Å²) in [5, 5.41) is 8.18. The zero-order valence-electron chi connectivity index (χ0n) is 5.76. The second-order valence-corrected chi connectivity index (χ2v) is 3.96. The van der Waals surface area contributed by atoms with Crippen molar-refractivity contribution in [2.45, 2.75) is 17.4 Å². The minimum Gasteiger partial charge on any atom is -0.478 e. The molecule has 0 saturated heterocycles. The number of carboxylic acids is 1. The smallest absolute Gasteiger partial charge is 0.327 e. The maximum atomic E-state index is 12.7. The van der Waals surface area contributed by atoms with Gasteiger partial charge in [0.05, 0.1) is 0 Å². The van der Waals surface area contributed by atoms with Gasteiger partial charge in [-0.2, -0.15) is 0 Å². The second kappa shape index (κ2) is 2.93. The van der Waals surface area contributed by atoms with E-state index in [-0.39, 0.29) is 5.92 Å². The molecule has 0 amide bonds. The number of carbonyl (C=O) groups is 1. The molecular formula is C7H8BrFO2. The Bertz CT molecular complexity index is 201. The van der Waals surface area contributed by atoms with E-state index in [9.17, 15) is 9.18 Å². The van der Waals surface area contributed by atoms with Crippen molar-refractivity contribution in [1.82, 2.24) is 0 Å². The summed E-state index contributed by atoms with van der Waals surface area (Å²) in [6.45, 7) is 0. The third-order valence-electron chi connectivity index (χ3n) is 1.64. The Morgan fingerprint density at radius 3 is 2.82 bits per heavy atom. The molecule has 2 atom stereocenters. The van der Waals surface area contributed by atoms with Gasteiger partial charge in [0, 0.05) is 12.0 Å². The molecule has 4 heteroatoms. The standard InChI is InChI=1S/C7H8BrFO2/c8-7(9)4-5(7)2-1-3-6(10)11/h1,3,5H,2,4H2,(H,10,11)/b3-1+. The maximum absolute atomic E-state index is 12.7. The molecule has 0 aromatic carbocycles. The van der Waals surface area contributed by atoms with E-state index >= 15 is 0 Å². The number of rotatable bonds is 3. The van der Waals surface area contributed by atoms with E-state index in [2.05, 4.69) is 15.9 Å². The molecule has 2 nitrogen and oxygen atoms in total. The van der Waals surface area contributed by atoms with Crippen molar-refractivity contribution in [3.8, 4) is 0 Å². The van der Waals surface area contributed by atoms with E-state index in [1.807, 2.05) is 0 Å². The van der Waals surface area contributed by atoms with Crippen LogP contribution in [0, 0.1) is 5.92 Å². The average Bonchev–Trinajstić information content (AvgIpc) is 2.39. The zero-order valence-corrected chi connectivity index (χ0v) is 7.34. The Kier molecular flexibility index (Phi) is 2.32. The third kappa shape index (κ3) is 2.61. The van der Waals surface area contributed by atoms with Crippen LogP contribution in [0.25, 0.3) is 0 Å². The van der Waals surface area contributed by atoms with Gasteiger partial charge < -0.3 is 5.11 Å². The number of halogens is 2. The monoisotopic (exact) mass is 222 g/mol. The van der Waals surface area contributed by atoms with E-state index in [1.54, 1.807) is 0 Å². The topological polar surface area (TPSA) is 37.3 Å². The van der Waals surface area contributed by atoms with E-state index < -0.39 is 10.5 Å². The first kappa shape index (κ1) is 8.71. The lowest BCUT2D eigenvalue weighted by Crippen LogP contribution is -1.90. The van der Waals surface area contributed by atoms with Gasteiger partial charge in [0.25, 0.3) is 0 Å². The highest BCUT2D eigenvalue weighted by atomic mass is 79.9. The highest BCUT2D eigenvalue weighted by Crippen LogP contribution is 2.54. The predicted molar refractivity (Wildman–Crippen MR) is 42.3 cm³/mol. The van der Waals surface area contributed by atoms with Crippen LogP contribution in [0.5, 0.6) is 0 Å². The lowest BCUT2D eigenvalue weighted by Gasteiger charge is -1.91. The molecule has 11 heavy (non-hydrogen) atoms. The van der Waals surface area contributed by atoms with Gasteiger partial charge in [-0.3, -0.25) is 0 Å². The third-order valence-corrected chi connectivity index (χ3v) is 2.61. The van der Waals surface area contributed by atoms with Crippen LogP contribution in [0.1, 0.15) is 12.8 Å². The van der Waals surface area contributed by atoms with Gasteiger partial charge in [0.1, 0.15) is 0 Å². The summed E-state index contributed by atoms with van der Waals surface area (Å²) < 4.78 is 11.5. The van der Waals surface area contributed by atoms with Crippen LogP contribution >= 0.6 is 15.9 Å². The molecule has 0 heterocycles. The molecule has 1 N–H and O–H groups in total. The molecule has 0 aromatic heterocycles. The molecule has 62 valence electrons. The molecule has 0 bridgehead atoms. The van der Waals surface area contributed by atoms with E-state index in [4.69, 9.17) is 5.11 Å². The van der Waals surface area contributed by atoms with Gasteiger partial charge in [-0.1, -0.05) is 6.08 Å². The first-order valence-electron chi connectivity index (χ1n) is 3.29. The highest BCUT2D eigenvalue weighted by molar-refractivity contribution is 9.10. The number of aliphatic carboxylic acids is 1. The van der Waals surface area contributed by atoms with Crippen LogP contribution in [0.2, 0.25) is 0 Å². The quantitative estimate of drug-likeness (QED) is 0.587. The summed E-state index contributed by atoms with van der Waals surface area (Å²) >= 11 is 2.87. The van der Waals surface area contributed by atoms with Crippen molar-refractivity contribution >= 4 is 21.9 Å². The fraction of sp³-hybridized carbons (Fsp3) is 0.571. The SMILES string of the molecule is O=C(O)/C=C/CC1CC1(F)Br. The summed E-state index contributed by atoms with van der Waals surface area (Å²) in [6, 6.07) is 0. The van der Waals surface area contributed by atoms with Crippen LogP contribution in [0.15, 0.2) is 12.2 Å². The minimum absolute atomic E-state index is 0.0434. The average molecular weight is 223 g/mol. The lowest BCUT2D eigenvalue weighted by atomic mass is 10.3. The molecule has 1 saturated carbocycles. The van der Waals surface area contributed by atoms with Gasteiger partial charge in [-0.05, 0) is 28.8 Å². The number of hydrogen-bond acceptors (Lipinski definition) is 1. The van der Waals surface area contributed by atoms with Crippen molar-refractivity contribution in [1.29, 1.82) is 0 Å². The summed E-state index contributed by atoms with van der Waals surface area (Å²) in [7, 11) is 0. The Hall–Kier alpha value is -0.380. The van der Waals surface area contributed by atoms with Gasteiger partial charge in [-0.25, -0.2) is 9.18 Å². The van der Waals surface area contributed by atoms with Crippen LogP contribution < -0.4 is 0 Å². The number of hydrogen-bond donors (Lipinski definition) is 1. The molecule has 1 aliphatic rings. The first-order chi connectivity index (χ1) is 5.02. The molecule has 0 spiro atoms. The summed E-state index contributed by atoms with van der Waals surface area (Å²) in [5.74, 6) is -1.03. The molecule has 1 aliphatic carbocycles. The summed E-state index contributed by atoms with van der Waals surface area (Å²) in [5.41, 5.74) is 0. The molecular weight excluding hydrogens is 215 g/mol. The molecule has 1 fully saturated rings. The number of allylic oxidation sites excluding steroid dienone is 1. The van der Waals surface area contributed by atoms with Gasteiger partial charge in [0.15, 0.2) is 4.58 Å². The van der Waals surface area contributed by atoms with Crippen molar-refractivity contribution in [3.05, 3.63) is 12.2 Å². The molecule has 1 rings (SSSR count). The minimum atomic E-state index is -1.23. The largest absolute Gasteiger partial charge is 0.478 e. The van der Waals surface area contributed by atoms with Crippen LogP contribution in [-0.4, -0.2) is 15.7 Å². The normalized spacial score (nSPS) is 36.0.